The molecule has 2 aliphatic heterocycles. The summed E-state index contributed by atoms with van der Waals surface area (Å²) in [7, 11) is 3.26. The zero-order valence-electron chi connectivity index (χ0n) is 32.4. The van der Waals surface area contributed by atoms with Crippen LogP contribution in [0.3, 0.4) is 0 Å². The molecule has 0 bridgehead atoms. The zero-order valence-corrected chi connectivity index (χ0v) is 32.4. The van der Waals surface area contributed by atoms with Crippen LogP contribution in [0.4, 0.5) is 0 Å². The van der Waals surface area contributed by atoms with Gasteiger partial charge in [0.15, 0.2) is 12.6 Å². The predicted molar refractivity (Wildman–Crippen MR) is 191 cm³/mol. The van der Waals surface area contributed by atoms with Gasteiger partial charge >= 0.3 is 0 Å². The normalized spacial score (nSPS) is 38.9. The molecule has 6 N–H and O–H groups in total. The van der Waals surface area contributed by atoms with Gasteiger partial charge in [-0.1, -0.05) is 58.8 Å². The molecule has 2 saturated carbocycles. The number of amides is 2. The number of ether oxygens (including phenoxy) is 5. The number of aliphatic hydroxyl groups is 5. The van der Waals surface area contributed by atoms with Crippen molar-refractivity contribution in [3.05, 3.63) is 0 Å². The molecule has 4 fully saturated rings. The number of nitrogens with zero attached hydrogens (tertiary/aromatic N) is 1. The molecule has 2 aliphatic carbocycles. The fraction of sp³-hybridized carbons (Fsp3) is 0.921. The first-order chi connectivity index (χ1) is 25.2. The number of hydrogen-bond donors (Lipinski definition) is 6. The van der Waals surface area contributed by atoms with E-state index in [1.54, 1.807) is 21.0 Å². The van der Waals surface area contributed by atoms with Crippen molar-refractivity contribution >= 4 is 17.6 Å². The zero-order chi connectivity index (χ0) is 39.0. The Bertz CT molecular complexity index is 1170. The van der Waals surface area contributed by atoms with Crippen LogP contribution in [-0.4, -0.2) is 148 Å². The molecule has 15 nitrogen and oxygen atoms in total. The van der Waals surface area contributed by atoms with Gasteiger partial charge in [-0.2, -0.15) is 0 Å². The molecule has 2 amide bonds. The number of carbonyl (C=O) groups is 3. The van der Waals surface area contributed by atoms with E-state index < -0.39 is 98.1 Å². The van der Waals surface area contributed by atoms with Crippen LogP contribution in [0.25, 0.3) is 0 Å². The van der Waals surface area contributed by atoms with Crippen molar-refractivity contribution in [3.63, 3.8) is 0 Å². The number of hydrogen-bond acceptors (Lipinski definition) is 13. The van der Waals surface area contributed by atoms with E-state index in [1.807, 2.05) is 13.8 Å². The molecule has 15 atom stereocenters. The second kappa shape index (κ2) is 20.4. The van der Waals surface area contributed by atoms with Crippen molar-refractivity contribution in [2.45, 2.75) is 184 Å². The largest absolute Gasteiger partial charge is 0.394 e. The minimum atomic E-state index is -1.58. The van der Waals surface area contributed by atoms with Crippen LogP contribution in [0, 0.1) is 17.8 Å². The molecule has 6 unspecified atom stereocenters. The van der Waals surface area contributed by atoms with Gasteiger partial charge in [0.25, 0.3) is 5.91 Å². The third-order valence-corrected chi connectivity index (χ3v) is 11.6. The molecule has 0 aromatic rings. The summed E-state index contributed by atoms with van der Waals surface area (Å²) in [6.07, 6.45) is -5.75. The number of aliphatic hydroxyl groups excluding tert-OH is 5. The average molecular weight is 759 g/mol. The summed E-state index contributed by atoms with van der Waals surface area (Å²) in [5.41, 5.74) is 0. The van der Waals surface area contributed by atoms with E-state index in [9.17, 15) is 39.9 Å². The summed E-state index contributed by atoms with van der Waals surface area (Å²) in [5, 5.41) is 56.5. The average Bonchev–Trinajstić information content (AvgIpc) is 3.14. The Labute approximate surface area is 314 Å². The highest BCUT2D eigenvalue weighted by molar-refractivity contribution is 5.81. The summed E-state index contributed by atoms with van der Waals surface area (Å²) in [5.74, 6) is -1.12. The summed E-state index contributed by atoms with van der Waals surface area (Å²) in [6, 6.07) is -1.15. The first kappa shape index (κ1) is 43.9. The number of nitrogens with one attached hydrogen (secondary N) is 1. The smallest absolute Gasteiger partial charge is 0.251 e. The molecule has 0 radical (unpaired) electrons. The van der Waals surface area contributed by atoms with Crippen LogP contribution in [0.2, 0.25) is 0 Å². The Morgan fingerprint density at radius 3 is 2.19 bits per heavy atom. The second-order valence-electron chi connectivity index (χ2n) is 15.9. The summed E-state index contributed by atoms with van der Waals surface area (Å²) in [4.78, 5) is 41.2. The summed E-state index contributed by atoms with van der Waals surface area (Å²) in [6.45, 7) is 6.20. The number of rotatable bonds is 16. The summed E-state index contributed by atoms with van der Waals surface area (Å²) < 4.78 is 31.6. The van der Waals surface area contributed by atoms with Gasteiger partial charge in [-0.3, -0.25) is 14.4 Å². The number of carbonyl (C=O) groups excluding carboxylic acids is 3. The third kappa shape index (κ3) is 11.2. The van der Waals surface area contributed by atoms with Gasteiger partial charge in [0.2, 0.25) is 5.91 Å². The maximum absolute atomic E-state index is 13.6. The second-order valence-corrected chi connectivity index (χ2v) is 15.9. The van der Waals surface area contributed by atoms with Crippen LogP contribution in [0.5, 0.6) is 0 Å². The fourth-order valence-corrected chi connectivity index (χ4v) is 8.47. The highest BCUT2D eigenvalue weighted by Gasteiger charge is 2.52. The van der Waals surface area contributed by atoms with Crippen molar-refractivity contribution in [1.29, 1.82) is 0 Å². The van der Waals surface area contributed by atoms with E-state index in [2.05, 4.69) is 5.32 Å². The Balaban J connectivity index is 1.69. The molecule has 306 valence electrons. The number of Topliss-reactive ketones (excluding diaryl/α,β-unsaturated/α-hetero) is 1. The highest BCUT2D eigenvalue weighted by Crippen LogP contribution is 2.40. The van der Waals surface area contributed by atoms with Crippen LogP contribution < -0.4 is 5.32 Å². The Morgan fingerprint density at radius 2 is 1.58 bits per heavy atom. The van der Waals surface area contributed by atoms with Gasteiger partial charge in [0.05, 0.1) is 24.9 Å². The van der Waals surface area contributed by atoms with E-state index >= 15 is 0 Å². The molecule has 4 aliphatic rings. The molecule has 0 spiro atoms. The minimum Gasteiger partial charge on any atom is -0.394 e. The first-order valence-electron chi connectivity index (χ1n) is 19.8. The highest BCUT2D eigenvalue weighted by atomic mass is 16.7. The molecule has 53 heavy (non-hydrogen) atoms. The molecule has 4 rings (SSSR count). The van der Waals surface area contributed by atoms with Crippen molar-refractivity contribution in [3.8, 4) is 0 Å². The standard InChI is InChI=1S/C38H66N2O13/c1-7-9-15-25(43)24-17-23(8-2)34(53-38-33(47)32(46)30(44)20(3)49-38)26(18-24)51-37-29(39-21(4)42)35(31(45)28(19-41)52-37)50-27(36(48)40(5)6)16-22-13-11-10-12-14-22/h20,22-24,26-35,37-38,41,44-47H,7-19H2,1-6H3,(H,39,42)/t20-,23?,24?,26+,27-,28-,29?,30-,31-,32?,33-,34+,35?,37+,38?/m0/s1. The quantitative estimate of drug-likeness (QED) is 0.131. The van der Waals surface area contributed by atoms with Gasteiger partial charge in [0.1, 0.15) is 54.6 Å². The molecule has 0 aromatic carbocycles. The topological polar surface area (TPSA) is 214 Å². The minimum absolute atomic E-state index is 0.0825. The van der Waals surface area contributed by atoms with E-state index in [-0.39, 0.29) is 29.9 Å². The molecule has 15 heteroatoms. The van der Waals surface area contributed by atoms with Crippen LogP contribution in [0.1, 0.15) is 105 Å². The van der Waals surface area contributed by atoms with Crippen LogP contribution in [0.15, 0.2) is 0 Å². The van der Waals surface area contributed by atoms with Gasteiger partial charge in [-0.25, -0.2) is 0 Å². The van der Waals surface area contributed by atoms with Crippen molar-refractivity contribution in [1.82, 2.24) is 10.2 Å². The predicted octanol–water partition coefficient (Wildman–Crippen LogP) is 1.18. The lowest BCUT2D eigenvalue weighted by atomic mass is 9.74. The monoisotopic (exact) mass is 758 g/mol. The maximum atomic E-state index is 13.6. The van der Waals surface area contributed by atoms with Gasteiger partial charge < -0.3 is 59.4 Å². The SMILES string of the molecule is CCCCC(=O)C1CC(CC)[C@@H](OC2O[C@@H](C)[C@H](O)C(O)[C@@H]2O)[C@H](O[C@@H]2O[C@@H](CO)[C@H](O)C(O[C@@H](CC3CCCCC3)C(=O)N(C)C)C2NC(C)=O)C1. The molecule has 2 heterocycles. The van der Waals surface area contributed by atoms with Crippen molar-refractivity contribution in [2.75, 3.05) is 20.7 Å². The van der Waals surface area contributed by atoms with Gasteiger partial charge in [-0.05, 0) is 44.4 Å². The lowest BCUT2D eigenvalue weighted by Gasteiger charge is -2.49. The van der Waals surface area contributed by atoms with E-state index in [1.165, 1.54) is 11.8 Å². The Kier molecular flexibility index (Phi) is 16.9. The molecular weight excluding hydrogens is 692 g/mol. The van der Waals surface area contributed by atoms with Crippen molar-refractivity contribution in [2.24, 2.45) is 17.8 Å². The van der Waals surface area contributed by atoms with E-state index in [0.717, 1.165) is 44.9 Å². The van der Waals surface area contributed by atoms with E-state index in [0.29, 0.717) is 25.7 Å². The lowest BCUT2D eigenvalue weighted by molar-refractivity contribution is -0.338. The Morgan fingerprint density at radius 1 is 0.887 bits per heavy atom. The van der Waals surface area contributed by atoms with Crippen LogP contribution in [-0.2, 0) is 38.1 Å². The van der Waals surface area contributed by atoms with E-state index in [4.69, 9.17) is 23.7 Å². The summed E-state index contributed by atoms with van der Waals surface area (Å²) >= 11 is 0. The molecule has 2 saturated heterocycles. The maximum Gasteiger partial charge on any atom is 0.251 e. The van der Waals surface area contributed by atoms with Gasteiger partial charge in [0, 0.05) is 33.4 Å². The molecule has 0 aromatic heterocycles. The molecular formula is C38H66N2O13. The van der Waals surface area contributed by atoms with Gasteiger partial charge in [-0.15, -0.1) is 0 Å². The number of ketones is 1. The lowest BCUT2D eigenvalue weighted by Crippen LogP contribution is -2.67. The number of unbranched alkanes of at least 4 members (excludes halogenated alkanes) is 1. The Hall–Kier alpha value is -1.79. The first-order valence-corrected chi connectivity index (χ1v) is 19.8. The third-order valence-electron chi connectivity index (χ3n) is 11.6. The fourth-order valence-electron chi connectivity index (χ4n) is 8.47. The van der Waals surface area contributed by atoms with Crippen LogP contribution >= 0.6 is 0 Å². The van der Waals surface area contributed by atoms with Crippen molar-refractivity contribution < 1.29 is 63.6 Å². The number of likely N-dealkylation sites (N-methyl/N-ethyl adjacent to an activating group) is 1.